The Kier molecular flexibility index (Phi) is 3.83. The standard InChI is InChI=1S/C13H16N6S2/c1-7-8(2)21-13-11(7)12(18-14)16-10(17-13)6-20-9-4-15-19(3)5-9/h4-5H,6,14H2,1-3H3,(H,16,17,18). The highest BCUT2D eigenvalue weighted by molar-refractivity contribution is 7.98. The average molecular weight is 320 g/mol. The van der Waals surface area contributed by atoms with Gasteiger partial charge < -0.3 is 5.43 Å². The fraction of sp³-hybridized carbons (Fsp3) is 0.308. The number of nitrogens with two attached hydrogens (primary N) is 1. The number of hydrazine groups is 1. The summed E-state index contributed by atoms with van der Waals surface area (Å²) < 4.78 is 1.78. The summed E-state index contributed by atoms with van der Waals surface area (Å²) >= 11 is 3.34. The number of hydrogen-bond donors (Lipinski definition) is 2. The number of thioether (sulfide) groups is 1. The highest BCUT2D eigenvalue weighted by Gasteiger charge is 2.14. The minimum atomic E-state index is 0.687. The molecule has 0 spiro atoms. The van der Waals surface area contributed by atoms with Gasteiger partial charge in [0.1, 0.15) is 10.7 Å². The molecule has 0 aliphatic heterocycles. The van der Waals surface area contributed by atoms with Crippen LogP contribution in [-0.2, 0) is 12.8 Å². The summed E-state index contributed by atoms with van der Waals surface area (Å²) in [6.07, 6.45) is 3.81. The van der Waals surface area contributed by atoms with Crippen molar-refractivity contribution in [3.05, 3.63) is 28.7 Å². The Morgan fingerprint density at radius 3 is 2.86 bits per heavy atom. The molecule has 0 aliphatic rings. The van der Waals surface area contributed by atoms with Gasteiger partial charge in [0.2, 0.25) is 0 Å². The van der Waals surface area contributed by atoms with Crippen LogP contribution in [-0.4, -0.2) is 19.7 Å². The second-order valence-electron chi connectivity index (χ2n) is 4.73. The van der Waals surface area contributed by atoms with Crippen molar-refractivity contribution in [3.63, 3.8) is 0 Å². The van der Waals surface area contributed by atoms with Gasteiger partial charge in [-0.3, -0.25) is 4.68 Å². The van der Waals surface area contributed by atoms with Gasteiger partial charge in [-0.05, 0) is 19.4 Å². The van der Waals surface area contributed by atoms with E-state index in [9.17, 15) is 0 Å². The average Bonchev–Trinajstić information content (AvgIpc) is 3.00. The van der Waals surface area contributed by atoms with Crippen LogP contribution in [0.25, 0.3) is 10.2 Å². The van der Waals surface area contributed by atoms with E-state index in [0.717, 1.165) is 20.9 Å². The summed E-state index contributed by atoms with van der Waals surface area (Å²) in [5, 5.41) is 5.18. The van der Waals surface area contributed by atoms with Crippen LogP contribution in [0.4, 0.5) is 5.82 Å². The van der Waals surface area contributed by atoms with Gasteiger partial charge in [-0.2, -0.15) is 5.10 Å². The molecule has 21 heavy (non-hydrogen) atoms. The van der Waals surface area contributed by atoms with Crippen LogP contribution in [0.15, 0.2) is 17.3 Å². The highest BCUT2D eigenvalue weighted by atomic mass is 32.2. The van der Waals surface area contributed by atoms with Gasteiger partial charge in [0, 0.05) is 23.0 Å². The first-order valence-electron chi connectivity index (χ1n) is 6.43. The van der Waals surface area contributed by atoms with Crippen molar-refractivity contribution in [2.75, 3.05) is 5.43 Å². The van der Waals surface area contributed by atoms with Crippen molar-refractivity contribution in [1.29, 1.82) is 0 Å². The lowest BCUT2D eigenvalue weighted by molar-refractivity contribution is 0.766. The number of nitrogens with one attached hydrogen (secondary N) is 1. The van der Waals surface area contributed by atoms with Gasteiger partial charge in [0.15, 0.2) is 5.82 Å². The fourth-order valence-corrected chi connectivity index (χ4v) is 3.91. The molecule has 0 atom stereocenters. The Bertz CT molecular complexity index is 791. The third-order valence-electron chi connectivity index (χ3n) is 3.26. The van der Waals surface area contributed by atoms with Crippen molar-refractivity contribution >= 4 is 39.1 Å². The maximum Gasteiger partial charge on any atom is 0.152 e. The second kappa shape index (κ2) is 5.63. The third-order valence-corrected chi connectivity index (χ3v) is 5.31. The normalized spacial score (nSPS) is 11.2. The molecule has 6 nitrogen and oxygen atoms in total. The first-order valence-corrected chi connectivity index (χ1v) is 8.23. The predicted molar refractivity (Wildman–Crippen MR) is 87.5 cm³/mol. The first-order chi connectivity index (χ1) is 10.1. The molecule has 3 N–H and O–H groups in total. The highest BCUT2D eigenvalue weighted by Crippen LogP contribution is 2.33. The largest absolute Gasteiger partial charge is 0.308 e. The van der Waals surface area contributed by atoms with E-state index in [-0.39, 0.29) is 0 Å². The number of nitrogen functional groups attached to an aromatic ring is 1. The van der Waals surface area contributed by atoms with E-state index < -0.39 is 0 Å². The van der Waals surface area contributed by atoms with Crippen molar-refractivity contribution in [2.24, 2.45) is 12.9 Å². The summed E-state index contributed by atoms with van der Waals surface area (Å²) in [5.41, 5.74) is 3.89. The summed E-state index contributed by atoms with van der Waals surface area (Å²) in [5.74, 6) is 7.77. The van der Waals surface area contributed by atoms with Gasteiger partial charge >= 0.3 is 0 Å². The van der Waals surface area contributed by atoms with Crippen molar-refractivity contribution in [2.45, 2.75) is 24.5 Å². The molecule has 0 saturated heterocycles. The molecule has 3 aromatic rings. The number of rotatable bonds is 4. The SMILES string of the molecule is Cc1sc2nc(CSc3cnn(C)c3)nc(NN)c2c1C. The van der Waals surface area contributed by atoms with E-state index in [2.05, 4.69) is 34.3 Å². The van der Waals surface area contributed by atoms with E-state index in [0.29, 0.717) is 11.6 Å². The fourth-order valence-electron chi connectivity index (χ4n) is 2.08. The Morgan fingerprint density at radius 2 is 2.19 bits per heavy atom. The van der Waals surface area contributed by atoms with E-state index in [1.165, 1.54) is 10.4 Å². The maximum absolute atomic E-state index is 5.62. The maximum atomic E-state index is 5.62. The number of thiophene rings is 1. The second-order valence-corrected chi connectivity index (χ2v) is 6.99. The molecular formula is C13H16N6S2. The van der Waals surface area contributed by atoms with Gasteiger partial charge in [0.05, 0.1) is 17.3 Å². The molecular weight excluding hydrogens is 304 g/mol. The zero-order valence-electron chi connectivity index (χ0n) is 12.0. The van der Waals surface area contributed by atoms with Crippen molar-refractivity contribution in [3.8, 4) is 0 Å². The van der Waals surface area contributed by atoms with E-state index in [1.54, 1.807) is 27.8 Å². The van der Waals surface area contributed by atoms with Gasteiger partial charge in [-0.15, -0.1) is 23.1 Å². The molecule has 3 rings (SSSR count). The smallest absolute Gasteiger partial charge is 0.152 e. The topological polar surface area (TPSA) is 81.7 Å². The van der Waals surface area contributed by atoms with Crippen LogP contribution in [0.1, 0.15) is 16.3 Å². The van der Waals surface area contributed by atoms with Gasteiger partial charge in [0.25, 0.3) is 0 Å². The molecule has 0 amide bonds. The Balaban J connectivity index is 1.92. The monoisotopic (exact) mass is 320 g/mol. The molecule has 8 heteroatoms. The Morgan fingerprint density at radius 1 is 1.38 bits per heavy atom. The molecule has 0 fully saturated rings. The molecule has 0 saturated carbocycles. The quantitative estimate of drug-likeness (QED) is 0.437. The van der Waals surface area contributed by atoms with Crippen LogP contribution in [0.3, 0.4) is 0 Å². The first kappa shape index (κ1) is 14.3. The number of aryl methyl sites for hydroxylation is 3. The van der Waals surface area contributed by atoms with Crippen LogP contribution >= 0.6 is 23.1 Å². The zero-order chi connectivity index (χ0) is 15.0. The lowest BCUT2D eigenvalue weighted by Gasteiger charge is -2.05. The molecule has 3 heterocycles. The molecule has 0 aromatic carbocycles. The van der Waals surface area contributed by atoms with E-state index in [1.807, 2.05) is 19.4 Å². The Hall–Kier alpha value is -1.64. The van der Waals surface area contributed by atoms with Crippen LogP contribution in [0.2, 0.25) is 0 Å². The lowest BCUT2D eigenvalue weighted by Crippen LogP contribution is -2.10. The van der Waals surface area contributed by atoms with Gasteiger partial charge in [-0.1, -0.05) is 0 Å². The number of aromatic nitrogens is 4. The van der Waals surface area contributed by atoms with E-state index >= 15 is 0 Å². The molecule has 0 unspecified atom stereocenters. The summed E-state index contributed by atoms with van der Waals surface area (Å²) in [7, 11) is 1.90. The Labute approximate surface area is 130 Å². The van der Waals surface area contributed by atoms with Crippen LogP contribution in [0, 0.1) is 13.8 Å². The molecule has 3 aromatic heterocycles. The van der Waals surface area contributed by atoms with Crippen molar-refractivity contribution in [1.82, 2.24) is 19.7 Å². The van der Waals surface area contributed by atoms with Crippen LogP contribution in [0.5, 0.6) is 0 Å². The zero-order valence-corrected chi connectivity index (χ0v) is 13.7. The minimum Gasteiger partial charge on any atom is -0.308 e. The minimum absolute atomic E-state index is 0.687. The summed E-state index contributed by atoms with van der Waals surface area (Å²) in [6.45, 7) is 4.16. The van der Waals surface area contributed by atoms with Gasteiger partial charge in [-0.25, -0.2) is 15.8 Å². The number of anilines is 1. The number of hydrogen-bond acceptors (Lipinski definition) is 7. The van der Waals surface area contributed by atoms with Crippen molar-refractivity contribution < 1.29 is 0 Å². The van der Waals surface area contributed by atoms with Crippen LogP contribution < -0.4 is 11.3 Å². The molecule has 0 aliphatic carbocycles. The third kappa shape index (κ3) is 2.74. The number of fused-ring (bicyclic) bond motifs is 1. The summed E-state index contributed by atoms with van der Waals surface area (Å²) in [4.78, 5) is 12.5. The molecule has 0 bridgehead atoms. The predicted octanol–water partition coefficient (Wildman–Crippen LogP) is 2.62. The van der Waals surface area contributed by atoms with E-state index in [4.69, 9.17) is 5.84 Å². The lowest BCUT2D eigenvalue weighted by atomic mass is 10.2. The number of nitrogens with zero attached hydrogens (tertiary/aromatic N) is 4. The molecule has 110 valence electrons. The molecule has 0 radical (unpaired) electrons. The summed E-state index contributed by atoms with van der Waals surface area (Å²) in [6, 6.07) is 0.